The second-order valence-corrected chi connectivity index (χ2v) is 3.53. The van der Waals surface area contributed by atoms with Crippen LogP contribution < -0.4 is 11.1 Å². The van der Waals surface area contributed by atoms with Gasteiger partial charge in [-0.25, -0.2) is 4.39 Å². The van der Waals surface area contributed by atoms with Crippen LogP contribution in [0.1, 0.15) is 18.4 Å². The molecule has 3 nitrogen and oxygen atoms in total. The molecule has 0 heterocycles. The molecule has 4 N–H and O–H groups in total. The molecule has 0 aromatic heterocycles. The van der Waals surface area contributed by atoms with Gasteiger partial charge in [-0.15, -0.1) is 0 Å². The summed E-state index contributed by atoms with van der Waals surface area (Å²) in [5.41, 5.74) is 6.16. The number of hydrogen-bond donors (Lipinski definition) is 3. The van der Waals surface area contributed by atoms with E-state index in [9.17, 15) is 4.39 Å². The number of benzene rings is 1. The molecule has 0 spiro atoms. The van der Waals surface area contributed by atoms with Crippen LogP contribution in [0.2, 0.25) is 0 Å². The average Bonchev–Trinajstić information content (AvgIpc) is 2.92. The van der Waals surface area contributed by atoms with Crippen LogP contribution >= 0.6 is 0 Å². The number of amidine groups is 1. The van der Waals surface area contributed by atoms with Crippen LogP contribution in [-0.2, 0) is 0 Å². The smallest absolute Gasteiger partial charge is 0.147 e. The van der Waals surface area contributed by atoms with Gasteiger partial charge in [0.2, 0.25) is 0 Å². The van der Waals surface area contributed by atoms with Gasteiger partial charge in [-0.2, -0.15) is 0 Å². The van der Waals surface area contributed by atoms with Crippen LogP contribution in [0.3, 0.4) is 0 Å². The minimum absolute atomic E-state index is 0.109. The molecule has 0 bridgehead atoms. The van der Waals surface area contributed by atoms with Crippen LogP contribution in [0.25, 0.3) is 0 Å². The van der Waals surface area contributed by atoms with E-state index < -0.39 is 0 Å². The molecule has 0 saturated heterocycles. The predicted molar refractivity (Wildman–Crippen MR) is 54.1 cm³/mol. The van der Waals surface area contributed by atoms with Crippen molar-refractivity contribution in [2.24, 2.45) is 5.73 Å². The molecule has 1 aliphatic carbocycles. The Balaban J connectivity index is 2.21. The summed E-state index contributed by atoms with van der Waals surface area (Å²) in [6.45, 7) is 0. The fourth-order valence-corrected chi connectivity index (χ4v) is 1.25. The van der Waals surface area contributed by atoms with E-state index in [0.717, 1.165) is 12.8 Å². The number of anilines is 1. The zero-order valence-corrected chi connectivity index (χ0v) is 7.68. The van der Waals surface area contributed by atoms with Crippen molar-refractivity contribution >= 4 is 11.5 Å². The fourth-order valence-electron chi connectivity index (χ4n) is 1.25. The van der Waals surface area contributed by atoms with Crippen molar-refractivity contribution in [2.45, 2.75) is 18.9 Å². The quantitative estimate of drug-likeness (QED) is 0.505. The first-order chi connectivity index (χ1) is 6.66. The molecular formula is C10H12FN3. The molecule has 14 heavy (non-hydrogen) atoms. The van der Waals surface area contributed by atoms with Crippen LogP contribution in [0.4, 0.5) is 10.1 Å². The summed E-state index contributed by atoms with van der Waals surface area (Å²) in [7, 11) is 0. The van der Waals surface area contributed by atoms with Gasteiger partial charge in [0.05, 0.1) is 5.69 Å². The molecule has 4 heteroatoms. The van der Waals surface area contributed by atoms with Gasteiger partial charge in [0.15, 0.2) is 0 Å². The summed E-state index contributed by atoms with van der Waals surface area (Å²) < 4.78 is 13.4. The van der Waals surface area contributed by atoms with Gasteiger partial charge in [0.25, 0.3) is 0 Å². The number of nitrogens with two attached hydrogens (primary N) is 1. The van der Waals surface area contributed by atoms with Gasteiger partial charge < -0.3 is 11.1 Å². The molecule has 2 rings (SSSR count). The first-order valence-electron chi connectivity index (χ1n) is 4.57. The highest BCUT2D eigenvalue weighted by atomic mass is 19.1. The van der Waals surface area contributed by atoms with Crippen molar-refractivity contribution in [3.8, 4) is 0 Å². The summed E-state index contributed by atoms with van der Waals surface area (Å²) in [6, 6.07) is 4.99. The Labute approximate surface area is 81.6 Å². The van der Waals surface area contributed by atoms with E-state index in [0.29, 0.717) is 17.3 Å². The number of nitrogen functional groups attached to an aromatic ring is 1. The first-order valence-corrected chi connectivity index (χ1v) is 4.57. The van der Waals surface area contributed by atoms with E-state index in [1.54, 1.807) is 12.1 Å². The zero-order chi connectivity index (χ0) is 10.1. The monoisotopic (exact) mass is 193 g/mol. The van der Waals surface area contributed by atoms with Gasteiger partial charge in [0, 0.05) is 11.6 Å². The third kappa shape index (κ3) is 1.84. The first kappa shape index (κ1) is 8.99. The maximum absolute atomic E-state index is 13.4. The number of nitrogens with one attached hydrogen (secondary N) is 2. The van der Waals surface area contributed by atoms with E-state index in [1.807, 2.05) is 0 Å². The van der Waals surface area contributed by atoms with E-state index >= 15 is 0 Å². The Bertz CT molecular complexity index is 372. The van der Waals surface area contributed by atoms with Crippen molar-refractivity contribution in [3.63, 3.8) is 0 Å². The molecule has 1 saturated carbocycles. The Morgan fingerprint density at radius 3 is 2.71 bits per heavy atom. The molecule has 1 aromatic rings. The fraction of sp³-hybridized carbons (Fsp3) is 0.300. The Morgan fingerprint density at radius 1 is 1.50 bits per heavy atom. The molecule has 1 aromatic carbocycles. The lowest BCUT2D eigenvalue weighted by atomic mass is 10.2. The average molecular weight is 193 g/mol. The van der Waals surface area contributed by atoms with Gasteiger partial charge in [-0.1, -0.05) is 0 Å². The minimum Gasteiger partial charge on any atom is -0.384 e. The van der Waals surface area contributed by atoms with E-state index in [4.69, 9.17) is 11.1 Å². The Morgan fingerprint density at radius 2 is 2.21 bits per heavy atom. The zero-order valence-electron chi connectivity index (χ0n) is 7.68. The standard InChI is InChI=1S/C10H12FN3/c11-8-5-6(10(12)13)1-4-9(8)14-7-2-3-7/h1,4-5,7,14H,2-3H2,(H3,12,13). The highest BCUT2D eigenvalue weighted by Crippen LogP contribution is 2.26. The van der Waals surface area contributed by atoms with E-state index in [2.05, 4.69) is 5.32 Å². The van der Waals surface area contributed by atoms with Crippen LogP contribution in [0.5, 0.6) is 0 Å². The van der Waals surface area contributed by atoms with Crippen LogP contribution in [-0.4, -0.2) is 11.9 Å². The molecule has 1 fully saturated rings. The maximum Gasteiger partial charge on any atom is 0.147 e. The maximum atomic E-state index is 13.4. The topological polar surface area (TPSA) is 61.9 Å². The summed E-state index contributed by atoms with van der Waals surface area (Å²) in [5.74, 6) is -0.452. The third-order valence-electron chi connectivity index (χ3n) is 2.22. The lowest BCUT2D eigenvalue weighted by molar-refractivity contribution is 0.629. The molecule has 0 amide bonds. The van der Waals surface area contributed by atoms with Crippen LogP contribution in [0.15, 0.2) is 18.2 Å². The summed E-state index contributed by atoms with van der Waals surface area (Å²) in [4.78, 5) is 0. The van der Waals surface area contributed by atoms with Crippen molar-refractivity contribution in [2.75, 3.05) is 5.32 Å². The number of rotatable bonds is 3. The molecule has 0 atom stereocenters. The SMILES string of the molecule is N=C(N)c1ccc(NC2CC2)c(F)c1. The second-order valence-electron chi connectivity index (χ2n) is 3.53. The molecule has 0 radical (unpaired) electrons. The van der Waals surface area contributed by atoms with Crippen LogP contribution in [0, 0.1) is 11.2 Å². The Kier molecular flexibility index (Phi) is 2.11. The lowest BCUT2D eigenvalue weighted by Gasteiger charge is -2.06. The van der Waals surface area contributed by atoms with Gasteiger partial charge in [-0.05, 0) is 31.0 Å². The summed E-state index contributed by atoms with van der Waals surface area (Å²) in [5, 5.41) is 10.2. The molecule has 1 aliphatic rings. The number of hydrogen-bond acceptors (Lipinski definition) is 2. The van der Waals surface area contributed by atoms with Crippen molar-refractivity contribution in [1.29, 1.82) is 5.41 Å². The van der Waals surface area contributed by atoms with Crippen molar-refractivity contribution < 1.29 is 4.39 Å². The third-order valence-corrected chi connectivity index (χ3v) is 2.22. The minimum atomic E-state index is -0.343. The molecule has 74 valence electrons. The summed E-state index contributed by atoms with van der Waals surface area (Å²) >= 11 is 0. The van der Waals surface area contributed by atoms with E-state index in [1.165, 1.54) is 6.07 Å². The van der Waals surface area contributed by atoms with Gasteiger partial charge >= 0.3 is 0 Å². The van der Waals surface area contributed by atoms with Crippen molar-refractivity contribution in [3.05, 3.63) is 29.6 Å². The largest absolute Gasteiger partial charge is 0.384 e. The van der Waals surface area contributed by atoms with Crippen molar-refractivity contribution in [1.82, 2.24) is 0 Å². The van der Waals surface area contributed by atoms with E-state index in [-0.39, 0.29) is 11.7 Å². The predicted octanol–water partition coefficient (Wildman–Crippen LogP) is 1.68. The number of halogens is 1. The normalized spacial score (nSPS) is 15.2. The van der Waals surface area contributed by atoms with Gasteiger partial charge in [0.1, 0.15) is 11.7 Å². The summed E-state index contributed by atoms with van der Waals surface area (Å²) in [6.07, 6.45) is 2.21. The van der Waals surface area contributed by atoms with Gasteiger partial charge in [-0.3, -0.25) is 5.41 Å². The molecular weight excluding hydrogens is 181 g/mol. The second kappa shape index (κ2) is 3.29. The Hall–Kier alpha value is -1.58. The highest BCUT2D eigenvalue weighted by Gasteiger charge is 2.21. The molecule has 0 unspecified atom stereocenters. The molecule has 0 aliphatic heterocycles. The highest BCUT2D eigenvalue weighted by molar-refractivity contribution is 5.95. The lowest BCUT2D eigenvalue weighted by Crippen LogP contribution is -2.12.